The molecule has 20 heavy (non-hydrogen) atoms. The number of aryl methyl sites for hydroxylation is 1. The van der Waals surface area contributed by atoms with Crippen molar-refractivity contribution in [3.8, 4) is 0 Å². The number of hydrogen-bond acceptors (Lipinski definition) is 3. The maximum atomic E-state index is 12.4. The number of carbonyl (C=O) groups excluding carboxylic acids is 1. The van der Waals surface area contributed by atoms with Crippen molar-refractivity contribution in [2.45, 2.75) is 52.0 Å². The Bertz CT molecular complexity index is 462. The lowest BCUT2D eigenvalue weighted by atomic mass is 9.77. The lowest BCUT2D eigenvalue weighted by Gasteiger charge is -2.38. The van der Waals surface area contributed by atoms with Gasteiger partial charge in [0.15, 0.2) is 0 Å². The molecule has 0 aliphatic heterocycles. The van der Waals surface area contributed by atoms with Crippen molar-refractivity contribution >= 4 is 11.7 Å². The highest BCUT2D eigenvalue weighted by Gasteiger charge is 2.42. The van der Waals surface area contributed by atoms with Crippen LogP contribution in [0.5, 0.6) is 0 Å². The van der Waals surface area contributed by atoms with Gasteiger partial charge in [0.1, 0.15) is 5.54 Å². The first-order chi connectivity index (χ1) is 9.55. The SMILES string of the molecule is CCOC(=O)C1(Nc2cccc(C)c2)CCC(C)CC1. The number of carbonyl (C=O) groups is 1. The minimum atomic E-state index is -0.545. The van der Waals surface area contributed by atoms with Crippen molar-refractivity contribution < 1.29 is 9.53 Å². The number of hydrogen-bond donors (Lipinski definition) is 1. The molecular formula is C17H25NO2. The average molecular weight is 275 g/mol. The average Bonchev–Trinajstić information content (AvgIpc) is 2.42. The Morgan fingerprint density at radius 3 is 2.70 bits per heavy atom. The summed E-state index contributed by atoms with van der Waals surface area (Å²) in [6.45, 7) is 6.61. The first kappa shape index (κ1) is 14.9. The van der Waals surface area contributed by atoms with E-state index in [1.807, 2.05) is 19.1 Å². The quantitative estimate of drug-likeness (QED) is 0.846. The molecule has 1 aliphatic carbocycles. The van der Waals surface area contributed by atoms with E-state index in [4.69, 9.17) is 4.74 Å². The van der Waals surface area contributed by atoms with Gasteiger partial charge in [0.25, 0.3) is 0 Å². The third-order valence-electron chi connectivity index (χ3n) is 4.20. The number of anilines is 1. The van der Waals surface area contributed by atoms with E-state index in [9.17, 15) is 4.79 Å². The minimum Gasteiger partial charge on any atom is -0.464 e. The van der Waals surface area contributed by atoms with E-state index in [0.717, 1.165) is 31.4 Å². The molecule has 0 spiro atoms. The van der Waals surface area contributed by atoms with Crippen LogP contribution in [0, 0.1) is 12.8 Å². The van der Waals surface area contributed by atoms with Crippen LogP contribution in [0.3, 0.4) is 0 Å². The molecule has 1 aromatic carbocycles. The first-order valence-electron chi connectivity index (χ1n) is 7.58. The van der Waals surface area contributed by atoms with E-state index in [1.54, 1.807) is 0 Å². The zero-order valence-corrected chi connectivity index (χ0v) is 12.7. The summed E-state index contributed by atoms with van der Waals surface area (Å²) in [7, 11) is 0. The summed E-state index contributed by atoms with van der Waals surface area (Å²) >= 11 is 0. The summed E-state index contributed by atoms with van der Waals surface area (Å²) in [5.41, 5.74) is 1.65. The molecule has 0 heterocycles. The molecule has 1 fully saturated rings. The Kier molecular flexibility index (Phi) is 4.69. The van der Waals surface area contributed by atoms with E-state index in [-0.39, 0.29) is 5.97 Å². The molecule has 0 aromatic heterocycles. The molecular weight excluding hydrogens is 250 g/mol. The van der Waals surface area contributed by atoms with Crippen molar-refractivity contribution in [1.82, 2.24) is 0 Å². The second kappa shape index (κ2) is 6.29. The van der Waals surface area contributed by atoms with Crippen molar-refractivity contribution in [3.05, 3.63) is 29.8 Å². The maximum absolute atomic E-state index is 12.4. The Balaban J connectivity index is 2.20. The molecule has 1 aliphatic rings. The largest absolute Gasteiger partial charge is 0.464 e. The predicted molar refractivity (Wildman–Crippen MR) is 81.8 cm³/mol. The van der Waals surface area contributed by atoms with Gasteiger partial charge < -0.3 is 10.1 Å². The van der Waals surface area contributed by atoms with E-state index >= 15 is 0 Å². The molecule has 1 saturated carbocycles. The van der Waals surface area contributed by atoms with Crippen LogP contribution in [0.1, 0.15) is 45.1 Å². The van der Waals surface area contributed by atoms with Gasteiger partial charge in [0.2, 0.25) is 0 Å². The summed E-state index contributed by atoms with van der Waals surface area (Å²) in [5, 5.41) is 3.47. The summed E-state index contributed by atoms with van der Waals surface area (Å²) in [6.07, 6.45) is 3.83. The van der Waals surface area contributed by atoms with Crippen molar-refractivity contribution in [2.24, 2.45) is 5.92 Å². The van der Waals surface area contributed by atoms with Crippen LogP contribution < -0.4 is 5.32 Å². The third-order valence-corrected chi connectivity index (χ3v) is 4.20. The van der Waals surface area contributed by atoms with E-state index in [0.29, 0.717) is 12.5 Å². The summed E-state index contributed by atoms with van der Waals surface area (Å²) in [6, 6.07) is 8.18. The normalized spacial score (nSPS) is 26.1. The van der Waals surface area contributed by atoms with Crippen molar-refractivity contribution in [1.29, 1.82) is 0 Å². The fraction of sp³-hybridized carbons (Fsp3) is 0.588. The van der Waals surface area contributed by atoms with Crippen molar-refractivity contribution in [2.75, 3.05) is 11.9 Å². The zero-order valence-electron chi connectivity index (χ0n) is 12.7. The Hall–Kier alpha value is -1.51. The zero-order chi connectivity index (χ0) is 14.6. The topological polar surface area (TPSA) is 38.3 Å². The molecule has 3 nitrogen and oxygen atoms in total. The number of rotatable bonds is 4. The van der Waals surface area contributed by atoms with Crippen molar-refractivity contribution in [3.63, 3.8) is 0 Å². The molecule has 0 amide bonds. The molecule has 0 saturated heterocycles. The third kappa shape index (κ3) is 3.33. The van der Waals surface area contributed by atoms with E-state index in [2.05, 4.69) is 31.3 Å². The summed E-state index contributed by atoms with van der Waals surface area (Å²) < 4.78 is 5.32. The molecule has 0 atom stereocenters. The second-order valence-electron chi connectivity index (χ2n) is 5.98. The molecule has 0 unspecified atom stereocenters. The van der Waals surface area contributed by atoms with Gasteiger partial charge in [-0.1, -0.05) is 19.1 Å². The summed E-state index contributed by atoms with van der Waals surface area (Å²) in [5.74, 6) is 0.588. The van der Waals surface area contributed by atoms with Crippen LogP contribution in [-0.4, -0.2) is 18.1 Å². The fourth-order valence-corrected chi connectivity index (χ4v) is 2.90. The van der Waals surface area contributed by atoms with Gasteiger partial charge in [0, 0.05) is 5.69 Å². The number of benzene rings is 1. The molecule has 2 rings (SSSR count). The highest BCUT2D eigenvalue weighted by atomic mass is 16.5. The van der Waals surface area contributed by atoms with Gasteiger partial charge in [-0.2, -0.15) is 0 Å². The van der Waals surface area contributed by atoms with Crippen LogP contribution in [-0.2, 0) is 9.53 Å². The van der Waals surface area contributed by atoms with Crippen LogP contribution in [0.25, 0.3) is 0 Å². The van der Waals surface area contributed by atoms with E-state index < -0.39 is 5.54 Å². The lowest BCUT2D eigenvalue weighted by Crippen LogP contribution is -2.50. The fourth-order valence-electron chi connectivity index (χ4n) is 2.90. The molecule has 0 bridgehead atoms. The van der Waals surface area contributed by atoms with Crippen LogP contribution >= 0.6 is 0 Å². The van der Waals surface area contributed by atoms with Gasteiger partial charge >= 0.3 is 5.97 Å². The van der Waals surface area contributed by atoms with Gasteiger partial charge in [-0.15, -0.1) is 0 Å². The predicted octanol–water partition coefficient (Wildman–Crippen LogP) is 3.92. The molecule has 1 aromatic rings. The first-order valence-corrected chi connectivity index (χ1v) is 7.58. The summed E-state index contributed by atoms with van der Waals surface area (Å²) in [4.78, 5) is 12.4. The number of esters is 1. The number of nitrogens with one attached hydrogen (secondary N) is 1. The van der Waals surface area contributed by atoms with E-state index in [1.165, 1.54) is 5.56 Å². The standard InChI is InChI=1S/C17H25NO2/c1-4-20-16(19)17(10-8-13(2)9-11-17)18-15-7-5-6-14(3)12-15/h5-7,12-13,18H,4,8-11H2,1-3H3. The molecule has 1 N–H and O–H groups in total. The monoisotopic (exact) mass is 275 g/mol. The maximum Gasteiger partial charge on any atom is 0.331 e. The highest BCUT2D eigenvalue weighted by Crippen LogP contribution is 2.35. The second-order valence-corrected chi connectivity index (χ2v) is 5.98. The van der Waals surface area contributed by atoms with Gasteiger partial charge in [-0.3, -0.25) is 0 Å². The lowest BCUT2D eigenvalue weighted by molar-refractivity contribution is -0.150. The Morgan fingerprint density at radius 1 is 1.40 bits per heavy atom. The van der Waals surface area contributed by atoms with Gasteiger partial charge in [-0.25, -0.2) is 4.79 Å². The van der Waals surface area contributed by atoms with Gasteiger partial charge in [0.05, 0.1) is 6.61 Å². The molecule has 0 radical (unpaired) electrons. The van der Waals surface area contributed by atoms with Gasteiger partial charge in [-0.05, 0) is 63.1 Å². The smallest absolute Gasteiger partial charge is 0.331 e. The number of ether oxygens (including phenoxy) is 1. The van der Waals surface area contributed by atoms with Crippen LogP contribution in [0.15, 0.2) is 24.3 Å². The molecule has 110 valence electrons. The van der Waals surface area contributed by atoms with Crippen LogP contribution in [0.2, 0.25) is 0 Å². The Labute approximate surface area is 121 Å². The Morgan fingerprint density at radius 2 is 2.10 bits per heavy atom. The van der Waals surface area contributed by atoms with Crippen LogP contribution in [0.4, 0.5) is 5.69 Å². The molecule has 3 heteroatoms. The highest BCUT2D eigenvalue weighted by molar-refractivity contribution is 5.84. The minimum absolute atomic E-state index is 0.103.